The maximum Gasteiger partial charge on any atom is 0.321 e. The molecule has 1 aliphatic heterocycles. The number of anilines is 1. The maximum atomic E-state index is 12.4. The van der Waals surface area contributed by atoms with Crippen LogP contribution in [0.2, 0.25) is 5.02 Å². The lowest BCUT2D eigenvalue weighted by molar-refractivity contribution is 0.142. The zero-order chi connectivity index (χ0) is 19.2. The lowest BCUT2D eigenvalue weighted by Gasteiger charge is -2.35. The van der Waals surface area contributed by atoms with E-state index in [0.717, 1.165) is 42.4 Å². The summed E-state index contributed by atoms with van der Waals surface area (Å²) in [4.78, 5) is 16.6. The molecule has 1 aliphatic rings. The number of hydrogen-bond acceptors (Lipinski definition) is 4. The summed E-state index contributed by atoms with van der Waals surface area (Å²) in [6, 6.07) is 12.8. The van der Waals surface area contributed by atoms with E-state index < -0.39 is 0 Å². The summed E-state index contributed by atoms with van der Waals surface area (Å²) < 4.78 is 10.8. The SMILES string of the molecule is COc1ccc(OC)c(CN2CCN(C(=O)Nc3ccc(Cl)cc3)CC2)c1. The summed E-state index contributed by atoms with van der Waals surface area (Å²) in [6.07, 6.45) is 0. The quantitative estimate of drug-likeness (QED) is 0.847. The van der Waals surface area contributed by atoms with Gasteiger partial charge in [0.2, 0.25) is 0 Å². The number of benzene rings is 2. The van der Waals surface area contributed by atoms with E-state index in [-0.39, 0.29) is 6.03 Å². The van der Waals surface area contributed by atoms with Crippen molar-refractivity contribution in [1.82, 2.24) is 9.80 Å². The van der Waals surface area contributed by atoms with Gasteiger partial charge in [-0.2, -0.15) is 0 Å². The molecule has 1 saturated heterocycles. The molecule has 2 amide bonds. The molecule has 0 aliphatic carbocycles. The lowest BCUT2D eigenvalue weighted by atomic mass is 10.1. The van der Waals surface area contributed by atoms with E-state index in [0.29, 0.717) is 18.1 Å². The first-order valence-corrected chi connectivity index (χ1v) is 9.21. The molecule has 6 nitrogen and oxygen atoms in total. The Morgan fingerprint density at radius 3 is 2.37 bits per heavy atom. The standard InChI is InChI=1S/C20H24ClN3O3/c1-26-18-7-8-19(27-2)15(13-18)14-23-9-11-24(12-10-23)20(25)22-17-5-3-16(21)4-6-17/h3-8,13H,9-12,14H2,1-2H3,(H,22,25). The van der Waals surface area contributed by atoms with E-state index in [1.807, 2.05) is 23.1 Å². The normalized spacial score (nSPS) is 14.7. The molecule has 1 fully saturated rings. The third-order valence-corrected chi connectivity index (χ3v) is 4.89. The van der Waals surface area contributed by atoms with E-state index in [4.69, 9.17) is 21.1 Å². The Morgan fingerprint density at radius 2 is 1.74 bits per heavy atom. The molecule has 3 rings (SSSR count). The van der Waals surface area contributed by atoms with Crippen LogP contribution < -0.4 is 14.8 Å². The highest BCUT2D eigenvalue weighted by atomic mass is 35.5. The molecular formula is C20H24ClN3O3. The maximum absolute atomic E-state index is 12.4. The second-order valence-electron chi connectivity index (χ2n) is 6.38. The fourth-order valence-corrected chi connectivity index (χ4v) is 3.22. The Morgan fingerprint density at radius 1 is 1.04 bits per heavy atom. The number of halogens is 1. The van der Waals surface area contributed by atoms with Crippen LogP contribution in [0.15, 0.2) is 42.5 Å². The van der Waals surface area contributed by atoms with Gasteiger partial charge in [-0.15, -0.1) is 0 Å². The number of nitrogens with one attached hydrogen (secondary N) is 1. The second-order valence-corrected chi connectivity index (χ2v) is 6.81. The number of piperazine rings is 1. The predicted molar refractivity (Wildman–Crippen MR) is 107 cm³/mol. The Bertz CT molecular complexity index is 775. The summed E-state index contributed by atoms with van der Waals surface area (Å²) >= 11 is 5.87. The number of carbonyl (C=O) groups is 1. The molecule has 0 atom stereocenters. The molecule has 0 aromatic heterocycles. The third kappa shape index (κ3) is 5.05. The first-order chi connectivity index (χ1) is 13.1. The lowest BCUT2D eigenvalue weighted by Crippen LogP contribution is -2.49. The average Bonchev–Trinajstić information content (AvgIpc) is 2.70. The van der Waals surface area contributed by atoms with Crippen molar-refractivity contribution in [3.63, 3.8) is 0 Å². The minimum Gasteiger partial charge on any atom is -0.497 e. The van der Waals surface area contributed by atoms with Crippen molar-refractivity contribution in [2.24, 2.45) is 0 Å². The van der Waals surface area contributed by atoms with Crippen molar-refractivity contribution in [1.29, 1.82) is 0 Å². The van der Waals surface area contributed by atoms with Crippen LogP contribution in [0.3, 0.4) is 0 Å². The zero-order valence-corrected chi connectivity index (χ0v) is 16.3. The van der Waals surface area contributed by atoms with E-state index in [9.17, 15) is 4.79 Å². The highest BCUT2D eigenvalue weighted by molar-refractivity contribution is 6.30. The van der Waals surface area contributed by atoms with Crippen molar-refractivity contribution < 1.29 is 14.3 Å². The van der Waals surface area contributed by atoms with Crippen LogP contribution in [-0.4, -0.2) is 56.2 Å². The molecular weight excluding hydrogens is 366 g/mol. The van der Waals surface area contributed by atoms with Crippen LogP contribution >= 0.6 is 11.6 Å². The number of rotatable bonds is 5. The minimum absolute atomic E-state index is 0.0871. The van der Waals surface area contributed by atoms with Gasteiger partial charge in [0.1, 0.15) is 11.5 Å². The molecule has 1 N–H and O–H groups in total. The van der Waals surface area contributed by atoms with Crippen molar-refractivity contribution in [2.75, 3.05) is 45.7 Å². The Balaban J connectivity index is 1.54. The summed E-state index contributed by atoms with van der Waals surface area (Å²) in [6.45, 7) is 3.70. The largest absolute Gasteiger partial charge is 0.497 e. The van der Waals surface area contributed by atoms with Crippen LogP contribution in [-0.2, 0) is 6.54 Å². The van der Waals surface area contributed by atoms with Crippen molar-refractivity contribution in [2.45, 2.75) is 6.54 Å². The van der Waals surface area contributed by atoms with E-state index in [1.54, 1.807) is 38.5 Å². The number of methoxy groups -OCH3 is 2. The fourth-order valence-electron chi connectivity index (χ4n) is 3.09. The average molecular weight is 390 g/mol. The van der Waals surface area contributed by atoms with Crippen molar-refractivity contribution >= 4 is 23.3 Å². The number of ether oxygens (including phenoxy) is 2. The van der Waals surface area contributed by atoms with Crippen LogP contribution in [0, 0.1) is 0 Å². The first kappa shape index (κ1) is 19.3. The molecule has 0 bridgehead atoms. The van der Waals surface area contributed by atoms with Gasteiger partial charge in [-0.25, -0.2) is 4.79 Å². The van der Waals surface area contributed by atoms with Crippen molar-refractivity contribution in [3.05, 3.63) is 53.1 Å². The molecule has 0 unspecified atom stereocenters. The summed E-state index contributed by atoms with van der Waals surface area (Å²) in [7, 11) is 3.33. The van der Waals surface area contributed by atoms with Gasteiger partial charge in [-0.1, -0.05) is 11.6 Å². The Hall–Kier alpha value is -2.44. The first-order valence-electron chi connectivity index (χ1n) is 8.84. The van der Waals surface area contributed by atoms with E-state index in [2.05, 4.69) is 10.2 Å². The molecule has 2 aromatic rings. The summed E-state index contributed by atoms with van der Waals surface area (Å²) in [5.41, 5.74) is 1.82. The van der Waals surface area contributed by atoms with Gasteiger partial charge in [-0.3, -0.25) is 4.90 Å². The third-order valence-electron chi connectivity index (χ3n) is 4.64. The number of urea groups is 1. The number of amides is 2. The molecule has 1 heterocycles. The predicted octanol–water partition coefficient (Wildman–Crippen LogP) is 3.71. The van der Waals surface area contributed by atoms with Gasteiger partial charge >= 0.3 is 6.03 Å². The minimum atomic E-state index is -0.0871. The van der Waals surface area contributed by atoms with E-state index >= 15 is 0 Å². The van der Waals surface area contributed by atoms with Crippen LogP contribution in [0.1, 0.15) is 5.56 Å². The zero-order valence-electron chi connectivity index (χ0n) is 15.6. The van der Waals surface area contributed by atoms with Crippen molar-refractivity contribution in [3.8, 4) is 11.5 Å². The van der Waals surface area contributed by atoms with Gasteiger partial charge in [0.05, 0.1) is 14.2 Å². The molecule has 2 aromatic carbocycles. The van der Waals surface area contributed by atoms with Crippen LogP contribution in [0.25, 0.3) is 0 Å². The van der Waals surface area contributed by atoms with Gasteiger partial charge in [0.15, 0.2) is 0 Å². The number of nitrogens with zero attached hydrogens (tertiary/aromatic N) is 2. The topological polar surface area (TPSA) is 54.0 Å². The van der Waals surface area contributed by atoms with Gasteiger partial charge in [-0.05, 0) is 42.5 Å². The van der Waals surface area contributed by atoms with Gasteiger partial charge < -0.3 is 19.7 Å². The van der Waals surface area contributed by atoms with Gasteiger partial charge in [0.25, 0.3) is 0 Å². The highest BCUT2D eigenvalue weighted by Crippen LogP contribution is 2.25. The molecule has 27 heavy (non-hydrogen) atoms. The Labute approximate surface area is 164 Å². The van der Waals surface area contributed by atoms with Crippen LogP contribution in [0.5, 0.6) is 11.5 Å². The van der Waals surface area contributed by atoms with Gasteiger partial charge in [0, 0.05) is 49.0 Å². The van der Waals surface area contributed by atoms with Crippen LogP contribution in [0.4, 0.5) is 10.5 Å². The highest BCUT2D eigenvalue weighted by Gasteiger charge is 2.22. The Kier molecular flexibility index (Phi) is 6.42. The smallest absolute Gasteiger partial charge is 0.321 e. The summed E-state index contributed by atoms with van der Waals surface area (Å²) in [5.74, 6) is 1.66. The monoisotopic (exact) mass is 389 g/mol. The molecule has 7 heteroatoms. The number of carbonyl (C=O) groups excluding carboxylic acids is 1. The second kappa shape index (κ2) is 8.97. The molecule has 0 radical (unpaired) electrons. The number of hydrogen-bond donors (Lipinski definition) is 1. The van der Waals surface area contributed by atoms with E-state index in [1.165, 1.54) is 0 Å². The summed E-state index contributed by atoms with van der Waals surface area (Å²) in [5, 5.41) is 3.56. The fraction of sp³-hybridized carbons (Fsp3) is 0.350. The molecule has 0 spiro atoms. The molecule has 0 saturated carbocycles. The molecule has 144 valence electrons.